The molecule has 0 saturated heterocycles. The number of hydrogen-bond acceptors (Lipinski definition) is 3. The quantitative estimate of drug-likeness (QED) is 0.539. The number of sulfonamides is 1. The maximum absolute atomic E-state index is 11.5. The fourth-order valence-electron chi connectivity index (χ4n) is 1.71. The van der Waals surface area contributed by atoms with Gasteiger partial charge in [-0.1, -0.05) is 51.9 Å². The van der Waals surface area contributed by atoms with Crippen LogP contribution in [0.5, 0.6) is 0 Å². The zero-order valence-corrected chi connectivity index (χ0v) is 12.6. The maximum Gasteiger partial charge on any atom is 0.216 e. The molecule has 1 atom stereocenters. The molecule has 0 radical (unpaired) electrons. The molecule has 1 unspecified atom stereocenters. The second-order valence-corrected chi connectivity index (χ2v) is 7.09. The van der Waals surface area contributed by atoms with Crippen LogP contribution in [0.25, 0.3) is 0 Å². The van der Waals surface area contributed by atoms with Crippen molar-refractivity contribution < 1.29 is 13.5 Å². The van der Waals surface area contributed by atoms with Gasteiger partial charge in [0.25, 0.3) is 0 Å². The fraction of sp³-hybridized carbons (Fsp3) is 1.00. The summed E-state index contributed by atoms with van der Waals surface area (Å²) in [5.74, 6) is 0. The Labute approximate surface area is 112 Å². The lowest BCUT2D eigenvalue weighted by Crippen LogP contribution is -2.35. The number of unbranched alkanes of at least 4 members (excludes halogenated alkanes) is 7. The third kappa shape index (κ3) is 8.89. The minimum atomic E-state index is -3.32. The van der Waals surface area contributed by atoms with Gasteiger partial charge in [-0.05, 0) is 13.3 Å². The third-order valence-electron chi connectivity index (χ3n) is 3.12. The van der Waals surface area contributed by atoms with E-state index >= 15 is 0 Å². The van der Waals surface area contributed by atoms with E-state index in [1.807, 2.05) is 0 Å². The Bertz CT molecular complexity index is 278. The second-order valence-electron chi connectivity index (χ2n) is 4.91. The summed E-state index contributed by atoms with van der Waals surface area (Å²) >= 11 is 0. The first-order valence-corrected chi connectivity index (χ1v) is 8.68. The lowest BCUT2D eigenvalue weighted by atomic mass is 10.1. The van der Waals surface area contributed by atoms with Crippen LogP contribution in [0.1, 0.15) is 65.2 Å². The van der Waals surface area contributed by atoms with Gasteiger partial charge in [0.2, 0.25) is 10.0 Å². The Morgan fingerprint density at radius 1 is 1.00 bits per heavy atom. The Balaban J connectivity index is 3.40. The van der Waals surface area contributed by atoms with Crippen LogP contribution in [0.3, 0.4) is 0 Å². The van der Waals surface area contributed by atoms with E-state index in [9.17, 15) is 8.42 Å². The molecule has 0 fully saturated rings. The molecule has 0 rings (SSSR count). The van der Waals surface area contributed by atoms with Crippen molar-refractivity contribution in [2.24, 2.45) is 0 Å². The largest absolute Gasteiger partial charge is 0.395 e. The number of hydrogen-bond donors (Lipinski definition) is 2. The fourth-order valence-corrected chi connectivity index (χ4v) is 2.62. The number of aliphatic hydroxyl groups is 1. The van der Waals surface area contributed by atoms with E-state index in [-0.39, 0.29) is 6.61 Å². The minimum absolute atomic E-state index is 0.327. The maximum atomic E-state index is 11.5. The summed E-state index contributed by atoms with van der Waals surface area (Å²) in [7, 11) is -3.32. The smallest absolute Gasteiger partial charge is 0.216 e. The predicted octanol–water partition coefficient (Wildman–Crippen LogP) is 2.43. The van der Waals surface area contributed by atoms with Gasteiger partial charge < -0.3 is 5.11 Å². The molecule has 0 aliphatic carbocycles. The van der Waals surface area contributed by atoms with Gasteiger partial charge in [0, 0.05) is 6.54 Å². The van der Waals surface area contributed by atoms with Crippen LogP contribution >= 0.6 is 0 Å². The Kier molecular flexibility index (Phi) is 10.7. The van der Waals surface area contributed by atoms with Crippen LogP contribution < -0.4 is 4.72 Å². The molecule has 110 valence electrons. The summed E-state index contributed by atoms with van der Waals surface area (Å²) in [4.78, 5) is 0. The lowest BCUT2D eigenvalue weighted by Gasteiger charge is -2.11. The number of rotatable bonds is 12. The Hall–Kier alpha value is -0.130. The Morgan fingerprint density at radius 3 is 2.00 bits per heavy atom. The third-order valence-corrected chi connectivity index (χ3v) is 4.94. The zero-order chi connectivity index (χ0) is 13.9. The summed E-state index contributed by atoms with van der Waals surface area (Å²) in [5, 5.41) is 8.08. The monoisotopic (exact) mass is 279 g/mol. The molecule has 0 aromatic heterocycles. The highest BCUT2D eigenvalue weighted by Crippen LogP contribution is 2.08. The van der Waals surface area contributed by atoms with Gasteiger partial charge in [0.15, 0.2) is 0 Å². The molecule has 4 nitrogen and oxygen atoms in total. The van der Waals surface area contributed by atoms with Crippen LogP contribution in [-0.4, -0.2) is 31.9 Å². The van der Waals surface area contributed by atoms with Crippen LogP contribution in [0.2, 0.25) is 0 Å². The molecule has 0 spiro atoms. The van der Waals surface area contributed by atoms with Crippen molar-refractivity contribution in [1.82, 2.24) is 4.72 Å². The van der Waals surface area contributed by atoms with Crippen molar-refractivity contribution >= 4 is 10.0 Å². The highest BCUT2D eigenvalue weighted by Gasteiger charge is 2.18. The summed E-state index contributed by atoms with van der Waals surface area (Å²) in [6, 6.07) is 0. The number of nitrogens with one attached hydrogen (secondary N) is 1. The summed E-state index contributed by atoms with van der Waals surface area (Å²) in [6.07, 6.45) is 9.58. The molecule has 0 aliphatic heterocycles. The van der Waals surface area contributed by atoms with E-state index in [0.717, 1.165) is 12.8 Å². The second kappa shape index (κ2) is 10.8. The Morgan fingerprint density at radius 2 is 1.50 bits per heavy atom. The van der Waals surface area contributed by atoms with E-state index in [4.69, 9.17) is 5.11 Å². The van der Waals surface area contributed by atoms with Gasteiger partial charge >= 0.3 is 0 Å². The van der Waals surface area contributed by atoms with Crippen LogP contribution in [-0.2, 0) is 10.0 Å². The van der Waals surface area contributed by atoms with Gasteiger partial charge in [-0.25, -0.2) is 13.1 Å². The predicted molar refractivity (Wildman–Crippen MR) is 76.1 cm³/mol. The van der Waals surface area contributed by atoms with Crippen molar-refractivity contribution in [3.05, 3.63) is 0 Å². The average Bonchev–Trinajstić information content (AvgIpc) is 2.35. The molecule has 0 bridgehead atoms. The van der Waals surface area contributed by atoms with E-state index in [2.05, 4.69) is 11.6 Å². The molecule has 18 heavy (non-hydrogen) atoms. The van der Waals surface area contributed by atoms with Crippen LogP contribution in [0, 0.1) is 0 Å². The van der Waals surface area contributed by atoms with Crippen molar-refractivity contribution in [1.29, 1.82) is 0 Å². The molecule has 0 aromatic rings. The molecular formula is C13H29NO3S. The first kappa shape index (κ1) is 17.9. The van der Waals surface area contributed by atoms with E-state index in [1.165, 1.54) is 45.4 Å². The molecule has 0 aliphatic rings. The molecular weight excluding hydrogens is 250 g/mol. The zero-order valence-electron chi connectivity index (χ0n) is 11.8. The standard InChI is InChI=1S/C13H29NO3S/c1-3-4-5-6-7-8-9-10-11-14-18(16,17)13(2)12-15/h13-15H,3-12H2,1-2H3. The molecule has 0 heterocycles. The molecule has 0 amide bonds. The van der Waals surface area contributed by atoms with E-state index in [0.29, 0.717) is 6.54 Å². The van der Waals surface area contributed by atoms with E-state index in [1.54, 1.807) is 0 Å². The van der Waals surface area contributed by atoms with Gasteiger partial charge in [-0.3, -0.25) is 0 Å². The highest BCUT2D eigenvalue weighted by atomic mass is 32.2. The van der Waals surface area contributed by atoms with Gasteiger partial charge in [0.1, 0.15) is 0 Å². The lowest BCUT2D eigenvalue weighted by molar-refractivity contribution is 0.294. The first-order valence-electron chi connectivity index (χ1n) is 7.14. The van der Waals surface area contributed by atoms with Crippen molar-refractivity contribution in [2.75, 3.05) is 13.2 Å². The minimum Gasteiger partial charge on any atom is -0.395 e. The summed E-state index contributed by atoms with van der Waals surface area (Å²) in [6.45, 7) is 3.88. The van der Waals surface area contributed by atoms with Gasteiger partial charge in [-0.15, -0.1) is 0 Å². The van der Waals surface area contributed by atoms with Gasteiger partial charge in [-0.2, -0.15) is 0 Å². The van der Waals surface area contributed by atoms with Crippen LogP contribution in [0.4, 0.5) is 0 Å². The van der Waals surface area contributed by atoms with Crippen molar-refractivity contribution in [3.63, 3.8) is 0 Å². The molecule has 0 saturated carbocycles. The summed E-state index contributed by atoms with van der Waals surface area (Å²) in [5.41, 5.74) is 0. The molecule has 0 aromatic carbocycles. The van der Waals surface area contributed by atoms with Crippen molar-refractivity contribution in [2.45, 2.75) is 70.5 Å². The number of aliphatic hydroxyl groups excluding tert-OH is 1. The highest BCUT2D eigenvalue weighted by molar-refractivity contribution is 7.90. The first-order chi connectivity index (χ1) is 8.54. The molecule has 2 N–H and O–H groups in total. The SMILES string of the molecule is CCCCCCCCCCNS(=O)(=O)C(C)CO. The molecule has 5 heteroatoms. The summed E-state index contributed by atoms with van der Waals surface area (Å²) < 4.78 is 25.5. The van der Waals surface area contributed by atoms with Crippen LogP contribution in [0.15, 0.2) is 0 Å². The topological polar surface area (TPSA) is 66.4 Å². The van der Waals surface area contributed by atoms with E-state index < -0.39 is 15.3 Å². The van der Waals surface area contributed by atoms with Crippen molar-refractivity contribution in [3.8, 4) is 0 Å². The van der Waals surface area contributed by atoms with Gasteiger partial charge in [0.05, 0.1) is 11.9 Å². The normalized spacial score (nSPS) is 13.7. The average molecular weight is 279 g/mol.